The molecular weight excluding hydrogens is 300 g/mol. The smallest absolute Gasteiger partial charge is 0.410 e. The Hall–Kier alpha value is -2.05. The topological polar surface area (TPSA) is 95.9 Å². The average molecular weight is 322 g/mol. The normalized spacial score (nSPS) is 36.1. The van der Waals surface area contributed by atoms with Gasteiger partial charge in [0.25, 0.3) is 0 Å². The van der Waals surface area contributed by atoms with Gasteiger partial charge in [0.1, 0.15) is 11.6 Å². The number of carbonyl (C=O) groups is 3. The van der Waals surface area contributed by atoms with Crippen LogP contribution in [-0.4, -0.2) is 52.7 Å². The second-order valence-electron chi connectivity index (χ2n) is 6.47. The number of nitrogens with one attached hydrogen (secondary N) is 1. The summed E-state index contributed by atoms with van der Waals surface area (Å²) in [7, 11) is 0. The Labute approximate surface area is 134 Å². The highest BCUT2D eigenvalue weighted by Crippen LogP contribution is 2.45. The first-order valence-electron chi connectivity index (χ1n) is 8.20. The van der Waals surface area contributed by atoms with Crippen LogP contribution >= 0.6 is 0 Å². The molecule has 2 aliphatic heterocycles. The summed E-state index contributed by atoms with van der Waals surface area (Å²) in [6, 6.07) is -0.633. The number of hydrogen-bond donors (Lipinski definition) is 2. The van der Waals surface area contributed by atoms with Crippen LogP contribution in [0.25, 0.3) is 0 Å². The Morgan fingerprint density at radius 1 is 1.35 bits per heavy atom. The molecule has 7 heteroatoms. The number of fused-ring (bicyclic) bond motifs is 2. The molecule has 3 aliphatic rings. The van der Waals surface area contributed by atoms with E-state index in [-0.39, 0.29) is 5.92 Å². The molecule has 2 heterocycles. The molecule has 1 saturated heterocycles. The lowest BCUT2D eigenvalue weighted by molar-refractivity contribution is -0.144. The minimum absolute atomic E-state index is 0.173. The molecule has 7 nitrogen and oxygen atoms in total. The number of carboxylic acids is 1. The largest absolute Gasteiger partial charge is 0.479 e. The van der Waals surface area contributed by atoms with Crippen molar-refractivity contribution in [2.75, 3.05) is 13.2 Å². The summed E-state index contributed by atoms with van der Waals surface area (Å²) in [5.74, 6) is -1.58. The van der Waals surface area contributed by atoms with Crippen molar-refractivity contribution in [2.24, 2.45) is 5.92 Å². The highest BCUT2D eigenvalue weighted by molar-refractivity contribution is 5.94. The highest BCUT2D eigenvalue weighted by Gasteiger charge is 2.61. The van der Waals surface area contributed by atoms with Gasteiger partial charge in [0.2, 0.25) is 5.91 Å². The Morgan fingerprint density at radius 3 is 2.96 bits per heavy atom. The summed E-state index contributed by atoms with van der Waals surface area (Å²) in [6.45, 7) is 0.820. The maximum atomic E-state index is 12.5. The summed E-state index contributed by atoms with van der Waals surface area (Å²) in [6.07, 6.45) is 7.48. The number of rotatable bonds is 1. The van der Waals surface area contributed by atoms with Gasteiger partial charge in [0, 0.05) is 12.5 Å². The van der Waals surface area contributed by atoms with Crippen LogP contribution in [0.2, 0.25) is 0 Å². The van der Waals surface area contributed by atoms with Gasteiger partial charge in [-0.2, -0.15) is 0 Å². The third-order valence-electron chi connectivity index (χ3n) is 4.89. The first kappa shape index (κ1) is 15.8. The summed E-state index contributed by atoms with van der Waals surface area (Å²) in [5.41, 5.74) is -1.21. The first-order chi connectivity index (χ1) is 11.0. The first-order valence-corrected chi connectivity index (χ1v) is 8.20. The lowest BCUT2D eigenvalue weighted by Gasteiger charge is -2.25. The standard InChI is InChI=1S/C16H22N2O5/c19-13-12-7-5-8-18(12)15(22)23-9-4-2-1-3-6-11-10-16(11,17-13)14(20)21/h3,6,11-12H,1-2,4-5,7-10H2,(H,17,19)(H,20,21)/b6-3-/t11-,12+,16-/m1/s1. The summed E-state index contributed by atoms with van der Waals surface area (Å²) < 4.78 is 5.23. The number of carbonyl (C=O) groups excluding carboxylic acids is 2. The molecule has 2 amide bonds. The maximum absolute atomic E-state index is 12.5. The molecule has 2 fully saturated rings. The van der Waals surface area contributed by atoms with Crippen molar-refractivity contribution < 1.29 is 24.2 Å². The quantitative estimate of drug-likeness (QED) is 0.709. The zero-order valence-electron chi connectivity index (χ0n) is 13.0. The highest BCUT2D eigenvalue weighted by atomic mass is 16.6. The molecule has 23 heavy (non-hydrogen) atoms. The molecule has 126 valence electrons. The van der Waals surface area contributed by atoms with Crippen molar-refractivity contribution in [3.63, 3.8) is 0 Å². The second kappa shape index (κ2) is 6.22. The number of amides is 2. The van der Waals surface area contributed by atoms with E-state index in [0.29, 0.717) is 26.0 Å². The van der Waals surface area contributed by atoms with Gasteiger partial charge < -0.3 is 15.2 Å². The summed E-state index contributed by atoms with van der Waals surface area (Å²) in [5, 5.41) is 12.2. The number of aliphatic carboxylic acids is 1. The Kier molecular flexibility index (Phi) is 4.28. The number of allylic oxidation sites excluding steroid dienone is 1. The van der Waals surface area contributed by atoms with E-state index in [9.17, 15) is 19.5 Å². The second-order valence-corrected chi connectivity index (χ2v) is 6.47. The van der Waals surface area contributed by atoms with Crippen LogP contribution in [0.5, 0.6) is 0 Å². The molecule has 0 spiro atoms. The molecule has 2 N–H and O–H groups in total. The third-order valence-corrected chi connectivity index (χ3v) is 4.89. The van der Waals surface area contributed by atoms with E-state index in [2.05, 4.69) is 5.32 Å². The molecular formula is C16H22N2O5. The van der Waals surface area contributed by atoms with Gasteiger partial charge >= 0.3 is 12.1 Å². The zero-order valence-corrected chi connectivity index (χ0v) is 13.0. The molecule has 0 radical (unpaired) electrons. The van der Waals surface area contributed by atoms with Crippen molar-refractivity contribution in [3.05, 3.63) is 12.2 Å². The SMILES string of the molecule is O=C1N[C@]2(C(=O)O)C[C@H]2/C=C\CCCCOC(=O)N2CCC[C@@H]12. The van der Waals surface area contributed by atoms with E-state index in [4.69, 9.17) is 4.74 Å². The van der Waals surface area contributed by atoms with Gasteiger partial charge in [-0.1, -0.05) is 12.2 Å². The van der Waals surface area contributed by atoms with Crippen LogP contribution in [0, 0.1) is 5.92 Å². The number of hydrogen-bond acceptors (Lipinski definition) is 4. The Bertz CT molecular complexity index is 547. The van der Waals surface area contributed by atoms with Crippen LogP contribution < -0.4 is 5.32 Å². The van der Waals surface area contributed by atoms with Gasteiger partial charge in [-0.15, -0.1) is 0 Å². The molecule has 1 saturated carbocycles. The minimum atomic E-state index is -1.21. The van der Waals surface area contributed by atoms with Gasteiger partial charge in [-0.05, 0) is 38.5 Å². The Morgan fingerprint density at radius 2 is 2.17 bits per heavy atom. The number of cyclic esters (lactones) is 1. The van der Waals surface area contributed by atoms with Crippen molar-refractivity contribution in [3.8, 4) is 0 Å². The van der Waals surface area contributed by atoms with Gasteiger partial charge in [0.05, 0.1) is 6.61 Å². The van der Waals surface area contributed by atoms with Crippen molar-refractivity contribution in [2.45, 2.75) is 50.1 Å². The molecule has 1 aliphatic carbocycles. The Balaban J connectivity index is 1.80. The van der Waals surface area contributed by atoms with Gasteiger partial charge in [-0.25, -0.2) is 9.59 Å². The van der Waals surface area contributed by atoms with Gasteiger partial charge in [-0.3, -0.25) is 9.69 Å². The van der Waals surface area contributed by atoms with E-state index in [1.165, 1.54) is 4.90 Å². The zero-order chi connectivity index (χ0) is 16.4. The minimum Gasteiger partial charge on any atom is -0.479 e. The van der Waals surface area contributed by atoms with Crippen LogP contribution in [0.3, 0.4) is 0 Å². The maximum Gasteiger partial charge on any atom is 0.410 e. The molecule has 3 rings (SSSR count). The molecule has 0 aromatic rings. The molecule has 0 bridgehead atoms. The third kappa shape index (κ3) is 3.04. The molecule has 0 aromatic heterocycles. The lowest BCUT2D eigenvalue weighted by atomic mass is 10.1. The summed E-state index contributed by atoms with van der Waals surface area (Å²) in [4.78, 5) is 37.6. The summed E-state index contributed by atoms with van der Waals surface area (Å²) >= 11 is 0. The van der Waals surface area contributed by atoms with E-state index in [1.54, 1.807) is 0 Å². The van der Waals surface area contributed by atoms with Crippen LogP contribution in [0.15, 0.2) is 12.2 Å². The molecule has 0 unspecified atom stereocenters. The number of carboxylic acid groups (broad SMARTS) is 1. The van der Waals surface area contributed by atoms with E-state index < -0.39 is 29.6 Å². The number of ether oxygens (including phenoxy) is 1. The predicted octanol–water partition coefficient (Wildman–Crippen LogP) is 1.29. The van der Waals surface area contributed by atoms with Crippen molar-refractivity contribution >= 4 is 18.0 Å². The fourth-order valence-electron chi connectivity index (χ4n) is 3.39. The van der Waals surface area contributed by atoms with Crippen LogP contribution in [-0.2, 0) is 14.3 Å². The number of nitrogens with zero attached hydrogens (tertiary/aromatic N) is 1. The van der Waals surface area contributed by atoms with E-state index in [0.717, 1.165) is 25.7 Å². The fourth-order valence-corrected chi connectivity index (χ4v) is 3.39. The average Bonchev–Trinajstić information content (AvgIpc) is 2.98. The van der Waals surface area contributed by atoms with E-state index in [1.807, 2.05) is 12.2 Å². The van der Waals surface area contributed by atoms with Crippen molar-refractivity contribution in [1.29, 1.82) is 0 Å². The van der Waals surface area contributed by atoms with Crippen LogP contribution in [0.4, 0.5) is 4.79 Å². The van der Waals surface area contributed by atoms with E-state index >= 15 is 0 Å². The molecule has 0 aromatic carbocycles. The molecule has 3 atom stereocenters. The predicted molar refractivity (Wildman–Crippen MR) is 80.7 cm³/mol. The van der Waals surface area contributed by atoms with Crippen molar-refractivity contribution in [1.82, 2.24) is 10.2 Å². The van der Waals surface area contributed by atoms with Gasteiger partial charge in [0.15, 0.2) is 0 Å². The monoisotopic (exact) mass is 322 g/mol. The fraction of sp³-hybridized carbons (Fsp3) is 0.688. The lowest BCUT2D eigenvalue weighted by Crippen LogP contribution is -2.53. The van der Waals surface area contributed by atoms with Crippen LogP contribution in [0.1, 0.15) is 38.5 Å².